The second-order valence-corrected chi connectivity index (χ2v) is 9.38. The second kappa shape index (κ2) is 9.18. The molecule has 0 saturated heterocycles. The first-order valence-corrected chi connectivity index (χ1v) is 11.1. The molecule has 0 aliphatic rings. The zero-order valence-corrected chi connectivity index (χ0v) is 20.1. The molecule has 34 heavy (non-hydrogen) atoms. The summed E-state index contributed by atoms with van der Waals surface area (Å²) in [7, 11) is 4.01. The molecule has 2 amide bonds. The first-order valence-electron chi connectivity index (χ1n) is 11.1. The monoisotopic (exact) mass is 462 g/mol. The minimum absolute atomic E-state index is 0.263. The quantitative estimate of drug-likeness (QED) is 0.435. The molecule has 0 radical (unpaired) electrons. The van der Waals surface area contributed by atoms with Crippen molar-refractivity contribution < 1.29 is 14.1 Å². The summed E-state index contributed by atoms with van der Waals surface area (Å²) in [5.41, 5.74) is 8.48. The molecule has 0 fully saturated rings. The number of amides is 2. The molecular weight excluding hydrogens is 432 g/mol. The lowest BCUT2D eigenvalue weighted by atomic mass is 9.93. The van der Waals surface area contributed by atoms with Gasteiger partial charge in [-0.1, -0.05) is 38.1 Å². The number of carbonyl (C=O) groups is 1. The number of anilines is 2. The zero-order chi connectivity index (χ0) is 24.5. The molecule has 4 aromatic rings. The smallest absolute Gasteiger partial charge is 0.325 e. The highest BCUT2D eigenvalue weighted by Gasteiger charge is 2.26. The first-order chi connectivity index (χ1) is 16.1. The van der Waals surface area contributed by atoms with Gasteiger partial charge in [0.1, 0.15) is 24.4 Å². The third-order valence-electron chi connectivity index (χ3n) is 5.39. The van der Waals surface area contributed by atoms with Gasteiger partial charge in [-0.15, -0.1) is 0 Å². The van der Waals surface area contributed by atoms with E-state index in [0.717, 1.165) is 29.0 Å². The number of hydrogen-bond acceptors (Lipinski definition) is 6. The topological polar surface area (TPSA) is 103 Å². The molecule has 2 aromatic heterocycles. The molecule has 0 spiro atoms. The van der Waals surface area contributed by atoms with E-state index in [1.807, 2.05) is 81.9 Å². The highest BCUT2D eigenvalue weighted by atomic mass is 16.5. The van der Waals surface area contributed by atoms with Gasteiger partial charge in [-0.25, -0.2) is 14.7 Å². The van der Waals surface area contributed by atoms with Crippen LogP contribution in [-0.4, -0.2) is 52.9 Å². The number of nitrogens with two attached hydrogens (primary N) is 1. The molecule has 0 unspecified atom stereocenters. The fourth-order valence-electron chi connectivity index (χ4n) is 3.56. The lowest BCUT2D eigenvalue weighted by Gasteiger charge is -2.21. The molecule has 9 heteroatoms. The molecular formula is C25H30N6O3. The van der Waals surface area contributed by atoms with E-state index in [1.165, 1.54) is 4.90 Å². The summed E-state index contributed by atoms with van der Waals surface area (Å²) in [5.74, 6) is 1.73. The van der Waals surface area contributed by atoms with Crippen LogP contribution in [0.25, 0.3) is 16.7 Å². The third-order valence-corrected chi connectivity index (χ3v) is 5.39. The van der Waals surface area contributed by atoms with Crippen LogP contribution in [0.5, 0.6) is 5.75 Å². The molecule has 2 aromatic carbocycles. The minimum Gasteiger partial charge on any atom is -0.492 e. The molecule has 0 bridgehead atoms. The predicted octanol–water partition coefficient (Wildman–Crippen LogP) is 4.47. The number of para-hydroxylation sites is 2. The summed E-state index contributed by atoms with van der Waals surface area (Å²) in [4.78, 5) is 20.5. The molecule has 4 rings (SSSR count). The molecule has 0 aliphatic heterocycles. The van der Waals surface area contributed by atoms with Crippen LogP contribution in [0, 0.1) is 0 Å². The standard InChI is InChI=1S/C25H30N6O3/c1-25(2,3)22-15-23(28-34-22)31(24(26)32)21-9-7-6-8-20(21)30-16-27-18-14-17(10-11-19(18)30)33-13-12-29(4)5/h6-11,14-16H,12-13H2,1-5H3,(H2,26,32). The van der Waals surface area contributed by atoms with Crippen LogP contribution in [-0.2, 0) is 5.41 Å². The highest BCUT2D eigenvalue weighted by molar-refractivity contribution is 6.00. The van der Waals surface area contributed by atoms with Crippen LogP contribution in [0.4, 0.5) is 16.3 Å². The summed E-state index contributed by atoms with van der Waals surface area (Å²) >= 11 is 0. The summed E-state index contributed by atoms with van der Waals surface area (Å²) in [6.45, 7) is 7.44. The minimum atomic E-state index is -0.665. The molecule has 178 valence electrons. The summed E-state index contributed by atoms with van der Waals surface area (Å²) in [6.07, 6.45) is 1.72. The van der Waals surface area contributed by atoms with Crippen molar-refractivity contribution in [1.29, 1.82) is 0 Å². The molecule has 2 N–H and O–H groups in total. The molecule has 0 atom stereocenters. The van der Waals surface area contributed by atoms with Crippen LogP contribution in [0.1, 0.15) is 26.5 Å². The van der Waals surface area contributed by atoms with Gasteiger partial charge in [0.2, 0.25) is 0 Å². The van der Waals surface area contributed by atoms with Crippen molar-refractivity contribution in [2.45, 2.75) is 26.2 Å². The molecule has 2 heterocycles. The second-order valence-electron chi connectivity index (χ2n) is 9.38. The van der Waals surface area contributed by atoms with E-state index >= 15 is 0 Å². The van der Waals surface area contributed by atoms with Crippen LogP contribution in [0.15, 0.2) is 59.4 Å². The maximum absolute atomic E-state index is 12.6. The number of ether oxygens (including phenoxy) is 1. The van der Waals surface area contributed by atoms with Gasteiger partial charge in [-0.05, 0) is 38.4 Å². The summed E-state index contributed by atoms with van der Waals surface area (Å²) < 4.78 is 13.3. The SMILES string of the molecule is CN(C)CCOc1ccc2c(c1)ncn2-c1ccccc1N(C(N)=O)c1cc(C(C)(C)C)on1. The predicted molar refractivity (Wildman–Crippen MR) is 132 cm³/mol. The van der Waals surface area contributed by atoms with E-state index in [4.69, 9.17) is 15.0 Å². The lowest BCUT2D eigenvalue weighted by molar-refractivity contribution is 0.255. The van der Waals surface area contributed by atoms with Gasteiger partial charge < -0.3 is 19.9 Å². The van der Waals surface area contributed by atoms with Gasteiger partial charge in [-0.2, -0.15) is 0 Å². The normalized spacial score (nSPS) is 11.8. The number of carbonyl (C=O) groups excluding carboxylic acids is 1. The van der Waals surface area contributed by atoms with E-state index < -0.39 is 6.03 Å². The van der Waals surface area contributed by atoms with Gasteiger partial charge in [0, 0.05) is 24.1 Å². The average molecular weight is 463 g/mol. The van der Waals surface area contributed by atoms with Crippen molar-refractivity contribution in [3.05, 3.63) is 60.6 Å². The van der Waals surface area contributed by atoms with Gasteiger partial charge >= 0.3 is 6.03 Å². The number of imidazole rings is 1. The van der Waals surface area contributed by atoms with Crippen molar-refractivity contribution in [3.63, 3.8) is 0 Å². The fraction of sp³-hybridized carbons (Fsp3) is 0.320. The Bertz CT molecular complexity index is 1300. The molecule has 9 nitrogen and oxygen atoms in total. The van der Waals surface area contributed by atoms with Crippen molar-refractivity contribution in [2.24, 2.45) is 5.73 Å². The molecule has 0 aliphatic carbocycles. The average Bonchev–Trinajstić information content (AvgIpc) is 3.41. The maximum Gasteiger partial charge on any atom is 0.325 e. The third kappa shape index (κ3) is 4.74. The van der Waals surface area contributed by atoms with E-state index in [0.29, 0.717) is 23.9 Å². The number of benzene rings is 2. The Labute approximate surface area is 198 Å². The van der Waals surface area contributed by atoms with Gasteiger partial charge in [0.05, 0.1) is 22.4 Å². The van der Waals surface area contributed by atoms with Crippen molar-refractivity contribution in [3.8, 4) is 11.4 Å². The van der Waals surface area contributed by atoms with Crippen molar-refractivity contribution in [1.82, 2.24) is 19.6 Å². The van der Waals surface area contributed by atoms with Gasteiger partial charge in [0.25, 0.3) is 0 Å². The lowest BCUT2D eigenvalue weighted by Crippen LogP contribution is -2.32. The number of urea groups is 1. The van der Waals surface area contributed by atoms with E-state index in [9.17, 15) is 4.79 Å². The van der Waals surface area contributed by atoms with Gasteiger partial charge in [0.15, 0.2) is 5.82 Å². The fourth-order valence-corrected chi connectivity index (χ4v) is 3.56. The molecule has 0 saturated carbocycles. The van der Waals surface area contributed by atoms with Gasteiger partial charge in [-0.3, -0.25) is 4.57 Å². The van der Waals surface area contributed by atoms with Crippen molar-refractivity contribution in [2.75, 3.05) is 32.1 Å². The van der Waals surface area contributed by atoms with Crippen LogP contribution >= 0.6 is 0 Å². The largest absolute Gasteiger partial charge is 0.492 e. The number of primary amides is 1. The summed E-state index contributed by atoms with van der Waals surface area (Å²) in [6, 6.07) is 14.3. The number of aromatic nitrogens is 3. The number of rotatable bonds is 7. The number of nitrogens with zero attached hydrogens (tertiary/aromatic N) is 5. The van der Waals surface area contributed by atoms with E-state index in [1.54, 1.807) is 12.4 Å². The Morgan fingerprint density at radius 1 is 1.15 bits per heavy atom. The van der Waals surface area contributed by atoms with Crippen molar-refractivity contribution >= 4 is 28.6 Å². The van der Waals surface area contributed by atoms with Crippen LogP contribution in [0.3, 0.4) is 0 Å². The van der Waals surface area contributed by atoms with E-state index in [-0.39, 0.29) is 5.41 Å². The zero-order valence-electron chi connectivity index (χ0n) is 20.1. The Hall–Kier alpha value is -3.85. The maximum atomic E-state index is 12.6. The Kier molecular flexibility index (Phi) is 6.30. The Balaban J connectivity index is 1.73. The van der Waals surface area contributed by atoms with Crippen LogP contribution < -0.4 is 15.4 Å². The highest BCUT2D eigenvalue weighted by Crippen LogP contribution is 2.34. The Morgan fingerprint density at radius 2 is 1.91 bits per heavy atom. The van der Waals surface area contributed by atoms with E-state index in [2.05, 4.69) is 15.0 Å². The number of fused-ring (bicyclic) bond motifs is 1. The van der Waals surface area contributed by atoms with Crippen LogP contribution in [0.2, 0.25) is 0 Å². The Morgan fingerprint density at radius 3 is 2.59 bits per heavy atom. The summed E-state index contributed by atoms with van der Waals surface area (Å²) in [5, 5.41) is 4.12. The number of likely N-dealkylation sites (N-methyl/N-ethyl adjacent to an activating group) is 1. The number of hydrogen-bond donors (Lipinski definition) is 1. The first kappa shape index (κ1) is 23.3.